The molecular weight excluding hydrogens is 192 g/mol. The molecule has 5 heteroatoms. The van der Waals surface area contributed by atoms with Crippen LogP contribution < -0.4 is 5.73 Å². The van der Waals surface area contributed by atoms with Crippen molar-refractivity contribution in [1.29, 1.82) is 0 Å². The Labute approximate surface area is 90.6 Å². The lowest BCUT2D eigenvalue weighted by atomic mass is 9.93. The fourth-order valence-corrected chi connectivity index (χ4v) is 1.50. The molecule has 0 saturated carbocycles. The third-order valence-electron chi connectivity index (χ3n) is 2.23. The van der Waals surface area contributed by atoms with Gasteiger partial charge in [-0.15, -0.1) is 0 Å². The van der Waals surface area contributed by atoms with E-state index in [2.05, 4.69) is 28.9 Å². The maximum absolute atomic E-state index is 5.68. The Morgan fingerprint density at radius 3 is 2.60 bits per heavy atom. The second kappa shape index (κ2) is 4.72. The molecule has 0 aliphatic rings. The van der Waals surface area contributed by atoms with Crippen LogP contribution in [-0.4, -0.2) is 35.2 Å². The molecule has 0 radical (unpaired) electrons. The van der Waals surface area contributed by atoms with Crippen molar-refractivity contribution in [3.8, 4) is 0 Å². The van der Waals surface area contributed by atoms with Gasteiger partial charge >= 0.3 is 0 Å². The van der Waals surface area contributed by atoms with E-state index in [1.807, 2.05) is 7.05 Å². The van der Waals surface area contributed by atoms with Crippen LogP contribution in [0.1, 0.15) is 25.6 Å². The topological polar surface area (TPSA) is 68.2 Å². The lowest BCUT2D eigenvalue weighted by Gasteiger charge is -2.28. The van der Waals surface area contributed by atoms with Crippen LogP contribution in [0.5, 0.6) is 0 Å². The lowest BCUT2D eigenvalue weighted by Crippen LogP contribution is -2.36. The van der Waals surface area contributed by atoms with E-state index in [4.69, 9.17) is 10.3 Å². The molecule has 1 heterocycles. The van der Waals surface area contributed by atoms with E-state index in [1.54, 1.807) is 6.92 Å². The number of aromatic nitrogens is 2. The van der Waals surface area contributed by atoms with Crippen LogP contribution in [0, 0.1) is 12.3 Å². The molecule has 0 saturated heterocycles. The summed E-state index contributed by atoms with van der Waals surface area (Å²) in [6, 6.07) is 0. The molecule has 0 unspecified atom stereocenters. The summed E-state index contributed by atoms with van der Waals surface area (Å²) in [7, 11) is 2.03. The highest BCUT2D eigenvalue weighted by Gasteiger charge is 2.19. The molecule has 5 nitrogen and oxygen atoms in total. The highest BCUT2D eigenvalue weighted by Crippen LogP contribution is 2.14. The molecule has 15 heavy (non-hydrogen) atoms. The van der Waals surface area contributed by atoms with E-state index in [1.165, 1.54) is 0 Å². The van der Waals surface area contributed by atoms with Crippen LogP contribution in [0.3, 0.4) is 0 Å². The first-order valence-corrected chi connectivity index (χ1v) is 5.11. The molecule has 2 N–H and O–H groups in total. The zero-order valence-corrected chi connectivity index (χ0v) is 9.95. The summed E-state index contributed by atoms with van der Waals surface area (Å²) in [5, 5.41) is 3.85. The summed E-state index contributed by atoms with van der Waals surface area (Å²) in [6.45, 7) is 8.36. The first-order valence-electron chi connectivity index (χ1n) is 5.11. The monoisotopic (exact) mass is 212 g/mol. The molecule has 0 amide bonds. The number of hydrogen-bond acceptors (Lipinski definition) is 5. The second-order valence-electron chi connectivity index (χ2n) is 4.77. The second-order valence-corrected chi connectivity index (χ2v) is 4.77. The average molecular weight is 212 g/mol. The number of rotatable bonds is 5. The van der Waals surface area contributed by atoms with Crippen molar-refractivity contribution in [3.63, 3.8) is 0 Å². The van der Waals surface area contributed by atoms with Crippen molar-refractivity contribution in [2.75, 3.05) is 20.1 Å². The molecule has 0 spiro atoms. The molecule has 0 aliphatic carbocycles. The molecular formula is C10H20N4O. The van der Waals surface area contributed by atoms with Gasteiger partial charge in [-0.25, -0.2) is 0 Å². The van der Waals surface area contributed by atoms with Gasteiger partial charge in [-0.05, 0) is 19.0 Å². The Morgan fingerprint density at radius 1 is 1.47 bits per heavy atom. The third-order valence-corrected chi connectivity index (χ3v) is 2.23. The molecule has 0 aromatic carbocycles. The van der Waals surface area contributed by atoms with Gasteiger partial charge in [-0.2, -0.15) is 4.98 Å². The van der Waals surface area contributed by atoms with Gasteiger partial charge < -0.3 is 10.3 Å². The van der Waals surface area contributed by atoms with E-state index in [0.717, 1.165) is 12.4 Å². The predicted molar refractivity (Wildman–Crippen MR) is 58.2 cm³/mol. The van der Waals surface area contributed by atoms with Gasteiger partial charge in [0.05, 0.1) is 6.54 Å². The smallest absolute Gasteiger partial charge is 0.223 e. The average Bonchev–Trinajstić information content (AvgIpc) is 2.50. The van der Waals surface area contributed by atoms with E-state index < -0.39 is 0 Å². The molecule has 86 valence electrons. The molecule has 1 rings (SSSR count). The third kappa shape index (κ3) is 3.97. The zero-order valence-electron chi connectivity index (χ0n) is 9.95. The highest BCUT2D eigenvalue weighted by atomic mass is 16.5. The minimum absolute atomic E-state index is 0.119. The summed E-state index contributed by atoms with van der Waals surface area (Å²) < 4.78 is 4.91. The van der Waals surface area contributed by atoms with Gasteiger partial charge in [0.2, 0.25) is 5.89 Å². The molecule has 1 aromatic rings. The summed E-state index contributed by atoms with van der Waals surface area (Å²) in [6.07, 6.45) is 0. The first kappa shape index (κ1) is 12.1. The highest BCUT2D eigenvalue weighted by molar-refractivity contribution is 4.84. The Balaban J connectivity index is 2.46. The van der Waals surface area contributed by atoms with E-state index >= 15 is 0 Å². The van der Waals surface area contributed by atoms with Crippen LogP contribution in [-0.2, 0) is 6.54 Å². The number of nitrogens with zero attached hydrogens (tertiary/aromatic N) is 3. The minimum atomic E-state index is 0.119. The van der Waals surface area contributed by atoms with Crippen molar-refractivity contribution in [3.05, 3.63) is 11.7 Å². The summed E-state index contributed by atoms with van der Waals surface area (Å²) in [4.78, 5) is 6.31. The van der Waals surface area contributed by atoms with Gasteiger partial charge in [-0.3, -0.25) is 4.90 Å². The fourth-order valence-electron chi connectivity index (χ4n) is 1.50. The zero-order chi connectivity index (χ0) is 11.5. The van der Waals surface area contributed by atoms with Crippen LogP contribution in [0.4, 0.5) is 0 Å². The van der Waals surface area contributed by atoms with E-state index in [0.29, 0.717) is 19.0 Å². The first-order chi connectivity index (χ1) is 6.93. The molecule has 0 atom stereocenters. The molecule has 0 fully saturated rings. The summed E-state index contributed by atoms with van der Waals surface area (Å²) >= 11 is 0. The Kier molecular flexibility index (Phi) is 3.82. The number of hydrogen-bond donors (Lipinski definition) is 1. The summed E-state index contributed by atoms with van der Waals surface area (Å²) in [5.41, 5.74) is 5.79. The molecule has 0 bridgehead atoms. The van der Waals surface area contributed by atoms with Crippen molar-refractivity contribution in [2.24, 2.45) is 11.1 Å². The Morgan fingerprint density at radius 2 is 2.13 bits per heavy atom. The van der Waals surface area contributed by atoms with Crippen LogP contribution >= 0.6 is 0 Å². The summed E-state index contributed by atoms with van der Waals surface area (Å²) in [5.74, 6) is 1.33. The Bertz CT molecular complexity index is 308. The van der Waals surface area contributed by atoms with E-state index in [-0.39, 0.29) is 5.41 Å². The minimum Gasteiger partial charge on any atom is -0.340 e. The SMILES string of the molecule is Cc1nc(CN(C)CC(C)(C)CN)no1. The van der Waals surface area contributed by atoms with Gasteiger partial charge in [0.1, 0.15) is 0 Å². The predicted octanol–water partition coefficient (Wildman–Crippen LogP) is 0.795. The van der Waals surface area contributed by atoms with Gasteiger partial charge in [-0.1, -0.05) is 19.0 Å². The fraction of sp³-hybridized carbons (Fsp3) is 0.800. The van der Waals surface area contributed by atoms with Crippen LogP contribution in [0.2, 0.25) is 0 Å². The van der Waals surface area contributed by atoms with Gasteiger partial charge in [0.15, 0.2) is 5.82 Å². The van der Waals surface area contributed by atoms with Crippen molar-refractivity contribution in [1.82, 2.24) is 15.0 Å². The molecule has 0 aliphatic heterocycles. The van der Waals surface area contributed by atoms with E-state index in [9.17, 15) is 0 Å². The van der Waals surface area contributed by atoms with Crippen molar-refractivity contribution < 1.29 is 4.52 Å². The number of aryl methyl sites for hydroxylation is 1. The maximum atomic E-state index is 5.68. The quantitative estimate of drug-likeness (QED) is 0.781. The van der Waals surface area contributed by atoms with Crippen LogP contribution in [0.25, 0.3) is 0 Å². The largest absolute Gasteiger partial charge is 0.340 e. The maximum Gasteiger partial charge on any atom is 0.223 e. The normalized spacial score (nSPS) is 12.4. The standard InChI is InChI=1S/C10H20N4O/c1-8-12-9(13-15-8)5-14(4)7-10(2,3)6-11/h5-7,11H2,1-4H3. The van der Waals surface area contributed by atoms with Crippen molar-refractivity contribution in [2.45, 2.75) is 27.3 Å². The van der Waals surface area contributed by atoms with Crippen molar-refractivity contribution >= 4 is 0 Å². The van der Waals surface area contributed by atoms with Crippen LogP contribution in [0.15, 0.2) is 4.52 Å². The number of nitrogens with two attached hydrogens (primary N) is 1. The van der Waals surface area contributed by atoms with Gasteiger partial charge in [0, 0.05) is 13.5 Å². The molecule has 1 aromatic heterocycles. The lowest BCUT2D eigenvalue weighted by molar-refractivity contribution is 0.204. The van der Waals surface area contributed by atoms with Gasteiger partial charge in [0.25, 0.3) is 0 Å². The Hall–Kier alpha value is -0.940.